The molecule has 0 aliphatic carbocycles. The number of oxime groups is 1. The van der Waals surface area contributed by atoms with Gasteiger partial charge in [0.25, 0.3) is 5.90 Å². The van der Waals surface area contributed by atoms with Crippen LogP contribution in [-0.4, -0.2) is 24.5 Å². The van der Waals surface area contributed by atoms with E-state index in [-0.39, 0.29) is 12.5 Å². The van der Waals surface area contributed by atoms with Crippen molar-refractivity contribution in [3.8, 4) is 0 Å². The Morgan fingerprint density at radius 3 is 3.10 bits per heavy atom. The minimum atomic E-state index is -0.431. The van der Waals surface area contributed by atoms with Crippen molar-refractivity contribution in [2.45, 2.75) is 13.0 Å². The number of nitrogens with two attached hydrogens (primary N) is 1. The SMILES string of the molecule is CC(=O)OC1=NOCC1N. The summed E-state index contributed by atoms with van der Waals surface area (Å²) in [5, 5.41) is 3.41. The molecule has 2 N–H and O–H groups in total. The summed E-state index contributed by atoms with van der Waals surface area (Å²) in [6, 6.07) is -0.399. The van der Waals surface area contributed by atoms with Crippen LogP contribution in [0.4, 0.5) is 0 Å². The second kappa shape index (κ2) is 2.66. The number of esters is 1. The zero-order chi connectivity index (χ0) is 7.56. The van der Waals surface area contributed by atoms with Crippen molar-refractivity contribution < 1.29 is 14.4 Å². The van der Waals surface area contributed by atoms with Crippen LogP contribution in [0, 0.1) is 0 Å². The van der Waals surface area contributed by atoms with Crippen LogP contribution in [0.1, 0.15) is 6.92 Å². The minimum absolute atomic E-state index is 0.160. The highest BCUT2D eigenvalue weighted by molar-refractivity contribution is 5.91. The highest BCUT2D eigenvalue weighted by Crippen LogP contribution is 2.00. The number of carbonyl (C=O) groups excluding carboxylic acids is 1. The fraction of sp³-hybridized carbons (Fsp3) is 0.600. The van der Waals surface area contributed by atoms with Crippen LogP contribution in [0.2, 0.25) is 0 Å². The van der Waals surface area contributed by atoms with E-state index >= 15 is 0 Å². The normalized spacial score (nSPS) is 23.4. The van der Waals surface area contributed by atoms with Gasteiger partial charge in [-0.2, -0.15) is 0 Å². The highest BCUT2D eigenvalue weighted by Gasteiger charge is 2.21. The van der Waals surface area contributed by atoms with Crippen molar-refractivity contribution in [2.24, 2.45) is 10.9 Å². The molecule has 0 aromatic carbocycles. The predicted molar refractivity (Wildman–Crippen MR) is 33.1 cm³/mol. The second-order valence-electron chi connectivity index (χ2n) is 1.93. The molecule has 0 spiro atoms. The number of nitrogens with zero attached hydrogens (tertiary/aromatic N) is 1. The first-order valence-electron chi connectivity index (χ1n) is 2.84. The van der Waals surface area contributed by atoms with E-state index in [2.05, 4.69) is 14.7 Å². The first-order valence-corrected chi connectivity index (χ1v) is 2.84. The lowest BCUT2D eigenvalue weighted by molar-refractivity contribution is -0.133. The monoisotopic (exact) mass is 144 g/mol. The molecule has 5 heteroatoms. The fourth-order valence-electron chi connectivity index (χ4n) is 0.562. The zero-order valence-corrected chi connectivity index (χ0v) is 5.53. The summed E-state index contributed by atoms with van der Waals surface area (Å²) in [5.74, 6) is -0.271. The fourth-order valence-corrected chi connectivity index (χ4v) is 0.562. The summed E-state index contributed by atoms with van der Waals surface area (Å²) < 4.78 is 4.58. The van der Waals surface area contributed by atoms with Gasteiger partial charge in [-0.1, -0.05) is 0 Å². The van der Waals surface area contributed by atoms with Gasteiger partial charge in [-0.3, -0.25) is 4.79 Å². The number of rotatable bonds is 0. The summed E-state index contributed by atoms with van der Waals surface area (Å²) in [4.78, 5) is 14.9. The number of carbonyl (C=O) groups is 1. The van der Waals surface area contributed by atoms with Gasteiger partial charge < -0.3 is 15.3 Å². The molecule has 0 aromatic rings. The van der Waals surface area contributed by atoms with Gasteiger partial charge in [0.05, 0.1) is 0 Å². The van der Waals surface area contributed by atoms with Crippen LogP contribution in [0.5, 0.6) is 0 Å². The van der Waals surface area contributed by atoms with Crippen molar-refractivity contribution in [1.82, 2.24) is 0 Å². The Labute approximate surface area is 57.8 Å². The first kappa shape index (κ1) is 7.01. The largest absolute Gasteiger partial charge is 0.407 e. The molecule has 0 aromatic heterocycles. The van der Waals surface area contributed by atoms with E-state index in [1.165, 1.54) is 6.92 Å². The average Bonchev–Trinajstić information content (AvgIpc) is 2.15. The Bertz CT molecular complexity index is 178. The molecule has 0 saturated carbocycles. The third-order valence-electron chi connectivity index (χ3n) is 0.974. The molecule has 0 fully saturated rings. The minimum Gasteiger partial charge on any atom is -0.407 e. The first-order chi connectivity index (χ1) is 4.70. The number of hydrogen-bond acceptors (Lipinski definition) is 5. The van der Waals surface area contributed by atoms with E-state index in [1.807, 2.05) is 0 Å². The Morgan fingerprint density at radius 2 is 2.70 bits per heavy atom. The van der Waals surface area contributed by atoms with Crippen molar-refractivity contribution >= 4 is 11.9 Å². The molecule has 1 aliphatic heterocycles. The quantitative estimate of drug-likeness (QED) is 0.452. The number of ether oxygens (including phenoxy) is 1. The zero-order valence-electron chi connectivity index (χ0n) is 5.53. The third-order valence-corrected chi connectivity index (χ3v) is 0.974. The molecule has 1 unspecified atom stereocenters. The Balaban J connectivity index is 2.47. The molecule has 1 aliphatic rings. The number of hydrogen-bond donors (Lipinski definition) is 1. The van der Waals surface area contributed by atoms with Gasteiger partial charge in [0.15, 0.2) is 0 Å². The van der Waals surface area contributed by atoms with E-state index in [9.17, 15) is 4.79 Å². The summed E-state index contributed by atoms with van der Waals surface area (Å²) in [7, 11) is 0. The molecule has 56 valence electrons. The maximum absolute atomic E-state index is 10.3. The van der Waals surface area contributed by atoms with Gasteiger partial charge in [-0.25, -0.2) is 0 Å². The standard InChI is InChI=1S/C5H8N2O3/c1-3(8)10-5-4(6)2-9-7-5/h4H,2,6H2,1H3. The average molecular weight is 144 g/mol. The Morgan fingerprint density at radius 1 is 2.00 bits per heavy atom. The third kappa shape index (κ3) is 1.44. The molecular weight excluding hydrogens is 136 g/mol. The van der Waals surface area contributed by atoms with E-state index < -0.39 is 12.0 Å². The van der Waals surface area contributed by atoms with Crippen LogP contribution in [0.25, 0.3) is 0 Å². The molecule has 5 nitrogen and oxygen atoms in total. The van der Waals surface area contributed by atoms with Crippen molar-refractivity contribution in [3.05, 3.63) is 0 Å². The molecule has 1 atom stereocenters. The Kier molecular flexibility index (Phi) is 1.86. The van der Waals surface area contributed by atoms with Gasteiger partial charge in [0.1, 0.15) is 12.6 Å². The van der Waals surface area contributed by atoms with Gasteiger partial charge in [-0.05, 0) is 5.16 Å². The van der Waals surface area contributed by atoms with Gasteiger partial charge >= 0.3 is 5.97 Å². The lowest BCUT2D eigenvalue weighted by Crippen LogP contribution is -2.32. The smallest absolute Gasteiger partial charge is 0.309 e. The lowest BCUT2D eigenvalue weighted by Gasteiger charge is -2.00. The van der Waals surface area contributed by atoms with Crippen molar-refractivity contribution in [3.63, 3.8) is 0 Å². The Hall–Kier alpha value is -1.10. The van der Waals surface area contributed by atoms with Crippen LogP contribution < -0.4 is 5.73 Å². The van der Waals surface area contributed by atoms with E-state index in [0.717, 1.165) is 0 Å². The second-order valence-corrected chi connectivity index (χ2v) is 1.93. The summed E-state index contributed by atoms with van der Waals surface area (Å²) in [6.07, 6.45) is 0. The highest BCUT2D eigenvalue weighted by atomic mass is 16.7. The lowest BCUT2D eigenvalue weighted by atomic mass is 10.3. The molecule has 1 heterocycles. The van der Waals surface area contributed by atoms with Gasteiger partial charge in [0.2, 0.25) is 0 Å². The van der Waals surface area contributed by atoms with Crippen LogP contribution in [-0.2, 0) is 14.4 Å². The van der Waals surface area contributed by atoms with Gasteiger partial charge in [-0.15, -0.1) is 0 Å². The van der Waals surface area contributed by atoms with Crippen LogP contribution >= 0.6 is 0 Å². The molecule has 0 saturated heterocycles. The van der Waals surface area contributed by atoms with Crippen LogP contribution in [0.15, 0.2) is 5.16 Å². The maximum Gasteiger partial charge on any atom is 0.309 e. The molecule has 0 bridgehead atoms. The maximum atomic E-state index is 10.3. The van der Waals surface area contributed by atoms with E-state index in [1.54, 1.807) is 0 Å². The molecule has 10 heavy (non-hydrogen) atoms. The summed E-state index contributed by atoms with van der Waals surface area (Å²) >= 11 is 0. The summed E-state index contributed by atoms with van der Waals surface area (Å²) in [6.45, 7) is 1.57. The topological polar surface area (TPSA) is 73.9 Å². The summed E-state index contributed by atoms with van der Waals surface area (Å²) in [5.41, 5.74) is 5.39. The predicted octanol–water partition coefficient (Wildman–Crippen LogP) is -0.780. The van der Waals surface area contributed by atoms with E-state index in [4.69, 9.17) is 5.73 Å². The van der Waals surface area contributed by atoms with E-state index in [0.29, 0.717) is 0 Å². The van der Waals surface area contributed by atoms with Gasteiger partial charge in [0, 0.05) is 6.92 Å². The van der Waals surface area contributed by atoms with Crippen LogP contribution in [0.3, 0.4) is 0 Å². The molecular formula is C5H8N2O3. The molecule has 0 amide bonds. The van der Waals surface area contributed by atoms with Crippen molar-refractivity contribution in [1.29, 1.82) is 0 Å². The van der Waals surface area contributed by atoms with Crippen molar-refractivity contribution in [2.75, 3.05) is 6.61 Å². The molecule has 1 rings (SSSR count). The molecule has 0 radical (unpaired) electrons.